The number of hydrogen-bond acceptors (Lipinski definition) is 4. The van der Waals surface area contributed by atoms with Gasteiger partial charge in [-0.25, -0.2) is 0 Å². The molecule has 7 nitrogen and oxygen atoms in total. The van der Waals surface area contributed by atoms with E-state index in [1.54, 1.807) is 54.6 Å². The predicted molar refractivity (Wildman–Crippen MR) is 110 cm³/mol. The molecule has 8 heteroatoms. The highest BCUT2D eigenvalue weighted by molar-refractivity contribution is 9.10. The van der Waals surface area contributed by atoms with Gasteiger partial charge in [0.2, 0.25) is 5.91 Å². The van der Waals surface area contributed by atoms with Crippen LogP contribution >= 0.6 is 15.9 Å². The van der Waals surface area contributed by atoms with Crippen molar-refractivity contribution >= 4 is 50.7 Å². The van der Waals surface area contributed by atoms with Crippen molar-refractivity contribution < 1.29 is 18.8 Å². The minimum atomic E-state index is -0.425. The first kappa shape index (κ1) is 19.4. The van der Waals surface area contributed by atoms with E-state index in [9.17, 15) is 14.4 Å². The molecular weight excluding hydrogens is 426 g/mol. The second-order valence-corrected chi connectivity index (χ2v) is 6.64. The maximum atomic E-state index is 12.5. The molecule has 0 spiro atoms. The van der Waals surface area contributed by atoms with Crippen molar-refractivity contribution in [3.05, 3.63) is 76.7 Å². The standard InChI is InChI=1S/C20H16BrN3O4/c1-12(25)22-15-6-3-7-16(11-15)23-19(26)13-4-2-5-14(10-13)24-20(27)17-8-9-18(21)28-17/h2-11H,1H3,(H,22,25)(H,23,26)(H,24,27). The van der Waals surface area contributed by atoms with E-state index < -0.39 is 5.91 Å². The summed E-state index contributed by atoms with van der Waals surface area (Å²) in [4.78, 5) is 35.8. The number of anilines is 3. The van der Waals surface area contributed by atoms with Crippen LogP contribution in [0.25, 0.3) is 0 Å². The summed E-state index contributed by atoms with van der Waals surface area (Å²) in [5.41, 5.74) is 1.93. The first-order valence-electron chi connectivity index (χ1n) is 8.26. The van der Waals surface area contributed by atoms with Crippen molar-refractivity contribution in [3.63, 3.8) is 0 Å². The number of furan rings is 1. The molecule has 3 amide bonds. The summed E-state index contributed by atoms with van der Waals surface area (Å²) < 4.78 is 5.66. The van der Waals surface area contributed by atoms with Gasteiger partial charge >= 0.3 is 0 Å². The van der Waals surface area contributed by atoms with Crippen LogP contribution in [0.15, 0.2) is 69.8 Å². The number of carbonyl (C=O) groups excluding carboxylic acids is 3. The average molecular weight is 442 g/mol. The third-order valence-corrected chi connectivity index (χ3v) is 4.05. The van der Waals surface area contributed by atoms with Gasteiger partial charge in [-0.05, 0) is 64.5 Å². The Morgan fingerprint density at radius 3 is 2.04 bits per heavy atom. The number of benzene rings is 2. The Bertz CT molecular complexity index is 1050. The Kier molecular flexibility index (Phi) is 5.90. The molecule has 0 radical (unpaired) electrons. The lowest BCUT2D eigenvalue weighted by Gasteiger charge is -2.09. The van der Waals surface area contributed by atoms with Crippen LogP contribution in [-0.2, 0) is 4.79 Å². The van der Waals surface area contributed by atoms with Gasteiger partial charge in [0.05, 0.1) is 0 Å². The van der Waals surface area contributed by atoms with Gasteiger partial charge in [0, 0.05) is 29.5 Å². The van der Waals surface area contributed by atoms with Crippen molar-refractivity contribution in [2.24, 2.45) is 0 Å². The fourth-order valence-electron chi connectivity index (χ4n) is 2.45. The van der Waals surface area contributed by atoms with Crippen LogP contribution in [0.2, 0.25) is 0 Å². The Labute approximate surface area is 169 Å². The molecule has 0 aliphatic heterocycles. The summed E-state index contributed by atoms with van der Waals surface area (Å²) in [5.74, 6) is -0.824. The van der Waals surface area contributed by atoms with Crippen LogP contribution < -0.4 is 16.0 Å². The molecule has 142 valence electrons. The molecule has 0 atom stereocenters. The smallest absolute Gasteiger partial charge is 0.291 e. The fraction of sp³-hybridized carbons (Fsp3) is 0.0500. The number of carbonyl (C=O) groups is 3. The number of amides is 3. The second-order valence-electron chi connectivity index (χ2n) is 5.85. The molecule has 28 heavy (non-hydrogen) atoms. The Morgan fingerprint density at radius 2 is 1.39 bits per heavy atom. The topological polar surface area (TPSA) is 100 Å². The molecular formula is C20H16BrN3O4. The third-order valence-electron chi connectivity index (χ3n) is 3.62. The number of hydrogen-bond donors (Lipinski definition) is 3. The van der Waals surface area contributed by atoms with E-state index in [0.29, 0.717) is 27.3 Å². The Balaban J connectivity index is 1.70. The summed E-state index contributed by atoms with van der Waals surface area (Å²) in [6.07, 6.45) is 0. The molecule has 0 unspecified atom stereocenters. The molecule has 0 fully saturated rings. The summed E-state index contributed by atoms with van der Waals surface area (Å²) in [6, 6.07) is 16.5. The summed E-state index contributed by atoms with van der Waals surface area (Å²) >= 11 is 3.14. The maximum Gasteiger partial charge on any atom is 0.291 e. The van der Waals surface area contributed by atoms with E-state index in [4.69, 9.17) is 4.42 Å². The zero-order valence-electron chi connectivity index (χ0n) is 14.8. The highest BCUT2D eigenvalue weighted by Crippen LogP contribution is 2.19. The lowest BCUT2D eigenvalue weighted by molar-refractivity contribution is -0.114. The van der Waals surface area contributed by atoms with E-state index in [1.807, 2.05) is 0 Å². The lowest BCUT2D eigenvalue weighted by Crippen LogP contribution is -2.14. The van der Waals surface area contributed by atoms with Gasteiger partial charge in [0.15, 0.2) is 10.4 Å². The molecule has 3 aromatic rings. The van der Waals surface area contributed by atoms with E-state index in [0.717, 1.165) is 0 Å². The summed E-state index contributed by atoms with van der Waals surface area (Å²) in [5, 5.41) is 8.10. The monoisotopic (exact) mass is 441 g/mol. The van der Waals surface area contributed by atoms with Crippen LogP contribution in [0.1, 0.15) is 27.8 Å². The molecule has 3 rings (SSSR count). The van der Waals surface area contributed by atoms with Crippen molar-refractivity contribution in [2.45, 2.75) is 6.92 Å². The first-order valence-corrected chi connectivity index (χ1v) is 9.06. The third kappa shape index (κ3) is 5.08. The van der Waals surface area contributed by atoms with Crippen molar-refractivity contribution in [1.82, 2.24) is 0 Å². The molecule has 2 aromatic carbocycles. The van der Waals surface area contributed by atoms with Gasteiger partial charge in [-0.3, -0.25) is 14.4 Å². The number of halogens is 1. The minimum absolute atomic E-state index is 0.150. The molecule has 0 saturated heterocycles. The lowest BCUT2D eigenvalue weighted by atomic mass is 10.1. The normalized spacial score (nSPS) is 10.2. The Morgan fingerprint density at radius 1 is 0.786 bits per heavy atom. The zero-order chi connectivity index (χ0) is 20.1. The number of rotatable bonds is 5. The predicted octanol–water partition coefficient (Wildman–Crippen LogP) is 4.51. The molecule has 0 bridgehead atoms. The second kappa shape index (κ2) is 8.53. The van der Waals surface area contributed by atoms with Gasteiger partial charge in [-0.15, -0.1) is 0 Å². The van der Waals surface area contributed by atoms with Crippen molar-refractivity contribution in [1.29, 1.82) is 0 Å². The molecule has 1 heterocycles. The van der Waals surface area contributed by atoms with Crippen LogP contribution in [0.3, 0.4) is 0 Å². The van der Waals surface area contributed by atoms with Gasteiger partial charge in [-0.1, -0.05) is 12.1 Å². The van der Waals surface area contributed by atoms with Gasteiger partial charge in [0.1, 0.15) is 0 Å². The van der Waals surface area contributed by atoms with Crippen LogP contribution in [0.5, 0.6) is 0 Å². The zero-order valence-corrected chi connectivity index (χ0v) is 16.4. The van der Waals surface area contributed by atoms with E-state index >= 15 is 0 Å². The quantitative estimate of drug-likeness (QED) is 0.542. The number of nitrogens with one attached hydrogen (secondary N) is 3. The van der Waals surface area contributed by atoms with Crippen molar-refractivity contribution in [3.8, 4) is 0 Å². The summed E-state index contributed by atoms with van der Waals surface area (Å²) in [7, 11) is 0. The van der Waals surface area contributed by atoms with Crippen LogP contribution in [-0.4, -0.2) is 17.7 Å². The highest BCUT2D eigenvalue weighted by atomic mass is 79.9. The molecule has 0 saturated carbocycles. The van der Waals surface area contributed by atoms with Gasteiger partial charge in [-0.2, -0.15) is 0 Å². The summed E-state index contributed by atoms with van der Waals surface area (Å²) in [6.45, 7) is 1.41. The average Bonchev–Trinajstić information content (AvgIpc) is 3.08. The van der Waals surface area contributed by atoms with E-state index in [-0.39, 0.29) is 17.6 Å². The van der Waals surface area contributed by atoms with Crippen LogP contribution in [0, 0.1) is 0 Å². The first-order chi connectivity index (χ1) is 13.4. The van der Waals surface area contributed by atoms with E-state index in [1.165, 1.54) is 13.0 Å². The largest absolute Gasteiger partial charge is 0.444 e. The van der Waals surface area contributed by atoms with Gasteiger partial charge in [0.25, 0.3) is 11.8 Å². The molecule has 3 N–H and O–H groups in total. The maximum absolute atomic E-state index is 12.5. The fourth-order valence-corrected chi connectivity index (χ4v) is 2.75. The highest BCUT2D eigenvalue weighted by Gasteiger charge is 2.12. The molecule has 1 aromatic heterocycles. The van der Waals surface area contributed by atoms with Gasteiger partial charge < -0.3 is 20.4 Å². The SMILES string of the molecule is CC(=O)Nc1cccc(NC(=O)c2cccc(NC(=O)c3ccc(Br)o3)c2)c1. The minimum Gasteiger partial charge on any atom is -0.444 e. The van der Waals surface area contributed by atoms with Crippen LogP contribution in [0.4, 0.5) is 17.1 Å². The van der Waals surface area contributed by atoms with E-state index in [2.05, 4.69) is 31.9 Å². The molecule has 0 aliphatic rings. The van der Waals surface area contributed by atoms with Crippen molar-refractivity contribution in [2.75, 3.05) is 16.0 Å². The molecule has 0 aliphatic carbocycles. The Hall–Kier alpha value is -3.39.